The van der Waals surface area contributed by atoms with Crippen molar-refractivity contribution in [3.05, 3.63) is 37.6 Å². The first kappa shape index (κ1) is 21.1. The van der Waals surface area contributed by atoms with Crippen LogP contribution in [0, 0.1) is 6.92 Å². The number of hydrogen-bond acceptors (Lipinski definition) is 9. The third-order valence-electron chi connectivity index (χ3n) is 4.42. The highest BCUT2D eigenvalue weighted by molar-refractivity contribution is 7.99. The molecule has 0 fully saturated rings. The van der Waals surface area contributed by atoms with Gasteiger partial charge in [0, 0.05) is 5.56 Å². The van der Waals surface area contributed by atoms with Crippen molar-refractivity contribution >= 4 is 45.9 Å². The molecule has 0 bridgehead atoms. The highest BCUT2D eigenvalue weighted by Gasteiger charge is 2.27. The lowest BCUT2D eigenvalue weighted by Crippen LogP contribution is -2.18. The number of thioether (sulfide) groups is 1. The molecule has 0 saturated carbocycles. The number of rotatable bonds is 6. The molecule has 0 aromatic carbocycles. The molecule has 2 N–H and O–H groups in total. The van der Waals surface area contributed by atoms with Crippen LogP contribution in [0.25, 0.3) is 0 Å². The molecule has 0 unspecified atom stereocenters. The maximum absolute atomic E-state index is 12.4. The summed E-state index contributed by atoms with van der Waals surface area (Å²) in [6.45, 7) is 1.58. The monoisotopic (exact) mass is 437 g/mol. The Morgan fingerprint density at radius 3 is 2.62 bits per heavy atom. The summed E-state index contributed by atoms with van der Waals surface area (Å²) >= 11 is 2.03. The number of amides is 1. The maximum Gasteiger partial charge on any atom is 0.348 e. The van der Waals surface area contributed by atoms with Crippen molar-refractivity contribution < 1.29 is 23.9 Å². The van der Waals surface area contributed by atoms with Gasteiger partial charge in [-0.3, -0.25) is 9.59 Å². The number of hydrogen-bond donors (Lipinski definition) is 2. The number of esters is 2. The van der Waals surface area contributed by atoms with Gasteiger partial charge in [-0.15, -0.1) is 11.3 Å². The van der Waals surface area contributed by atoms with Crippen molar-refractivity contribution in [1.82, 2.24) is 9.97 Å². The zero-order chi connectivity index (χ0) is 21.1. The number of nitrogens with zero attached hydrogens (tertiary/aromatic N) is 1. The molecule has 0 radical (unpaired) electrons. The number of thiophene rings is 1. The summed E-state index contributed by atoms with van der Waals surface area (Å²) in [4.78, 5) is 55.8. The van der Waals surface area contributed by atoms with Gasteiger partial charge in [0.05, 0.1) is 31.2 Å². The van der Waals surface area contributed by atoms with E-state index in [-0.39, 0.29) is 26.8 Å². The van der Waals surface area contributed by atoms with E-state index in [0.717, 1.165) is 48.1 Å². The Labute approximate surface area is 174 Å². The minimum Gasteiger partial charge on any atom is -0.465 e. The van der Waals surface area contributed by atoms with Gasteiger partial charge in [0.15, 0.2) is 5.16 Å². The average Bonchev–Trinajstić information content (AvgIpc) is 3.30. The smallest absolute Gasteiger partial charge is 0.348 e. The molecule has 3 rings (SSSR count). The van der Waals surface area contributed by atoms with Crippen molar-refractivity contribution in [2.45, 2.75) is 31.3 Å². The van der Waals surface area contributed by atoms with Gasteiger partial charge in [0.25, 0.3) is 5.56 Å². The van der Waals surface area contributed by atoms with E-state index in [0.29, 0.717) is 16.3 Å². The van der Waals surface area contributed by atoms with E-state index in [9.17, 15) is 19.2 Å². The number of ether oxygens (including phenoxy) is 2. The normalized spacial score (nSPS) is 12.4. The third kappa shape index (κ3) is 4.35. The number of aromatic nitrogens is 2. The van der Waals surface area contributed by atoms with E-state index in [4.69, 9.17) is 9.47 Å². The molecular formula is C18H19N3O6S2. The van der Waals surface area contributed by atoms with Crippen molar-refractivity contribution in [1.29, 1.82) is 0 Å². The Balaban J connectivity index is 1.75. The summed E-state index contributed by atoms with van der Waals surface area (Å²) in [5, 5.41) is 3.21. The van der Waals surface area contributed by atoms with Crippen LogP contribution in [0.5, 0.6) is 0 Å². The molecule has 2 heterocycles. The molecule has 11 heteroatoms. The summed E-state index contributed by atoms with van der Waals surface area (Å²) < 4.78 is 9.48. The molecule has 154 valence electrons. The van der Waals surface area contributed by atoms with E-state index in [1.165, 1.54) is 14.2 Å². The summed E-state index contributed by atoms with van der Waals surface area (Å²) in [6.07, 6.45) is 2.38. The fourth-order valence-corrected chi connectivity index (χ4v) is 4.83. The van der Waals surface area contributed by atoms with Gasteiger partial charge in [0.1, 0.15) is 9.88 Å². The second kappa shape index (κ2) is 8.78. The Morgan fingerprint density at radius 2 is 1.93 bits per heavy atom. The highest BCUT2D eigenvalue weighted by atomic mass is 32.2. The molecule has 2 aromatic heterocycles. The van der Waals surface area contributed by atoms with Gasteiger partial charge in [-0.25, -0.2) is 14.6 Å². The number of anilines is 1. The SMILES string of the molecule is COC(=O)c1sc(NC(=O)CSc2nc3c(c(=O)[nH]2)CCC3)c(C(=O)OC)c1C. The highest BCUT2D eigenvalue weighted by Crippen LogP contribution is 2.34. The molecule has 1 aliphatic carbocycles. The van der Waals surface area contributed by atoms with Crippen molar-refractivity contribution in [2.24, 2.45) is 0 Å². The molecule has 0 atom stereocenters. The summed E-state index contributed by atoms with van der Waals surface area (Å²) in [5.74, 6) is -1.72. The Bertz CT molecular complexity index is 1040. The van der Waals surface area contributed by atoms with Gasteiger partial charge >= 0.3 is 11.9 Å². The first-order chi connectivity index (χ1) is 13.8. The Morgan fingerprint density at radius 1 is 1.21 bits per heavy atom. The minimum atomic E-state index is -0.665. The molecule has 29 heavy (non-hydrogen) atoms. The predicted octanol–water partition coefficient (Wildman–Crippen LogP) is 1.93. The lowest BCUT2D eigenvalue weighted by atomic mass is 10.1. The lowest BCUT2D eigenvalue weighted by molar-refractivity contribution is -0.113. The van der Waals surface area contributed by atoms with Crippen LogP contribution in [-0.2, 0) is 27.1 Å². The standard InChI is InChI=1S/C18H19N3O6S2/c1-8-12(16(24)26-2)15(29-13(8)17(25)27-3)20-11(22)7-28-18-19-10-6-4-5-9(10)14(23)21-18/h4-7H2,1-3H3,(H,20,22)(H,19,21,23). The van der Waals surface area contributed by atoms with E-state index >= 15 is 0 Å². The molecule has 0 spiro atoms. The fourth-order valence-electron chi connectivity index (χ4n) is 3.02. The Kier molecular flexibility index (Phi) is 6.38. The van der Waals surface area contributed by atoms with Crippen LogP contribution in [0.1, 0.15) is 43.3 Å². The molecule has 9 nitrogen and oxygen atoms in total. The van der Waals surface area contributed by atoms with Gasteiger partial charge in [-0.05, 0) is 31.7 Å². The van der Waals surface area contributed by atoms with Crippen LogP contribution in [0.15, 0.2) is 9.95 Å². The van der Waals surface area contributed by atoms with Crippen LogP contribution < -0.4 is 10.9 Å². The van der Waals surface area contributed by atoms with Gasteiger partial charge in [-0.2, -0.15) is 0 Å². The second-order valence-electron chi connectivity index (χ2n) is 6.23. The van der Waals surface area contributed by atoms with Crippen molar-refractivity contribution in [3.63, 3.8) is 0 Å². The van der Waals surface area contributed by atoms with Crippen LogP contribution in [0.3, 0.4) is 0 Å². The van der Waals surface area contributed by atoms with E-state index in [1.54, 1.807) is 6.92 Å². The minimum absolute atomic E-state index is 0.0349. The van der Waals surface area contributed by atoms with Gasteiger partial charge in [-0.1, -0.05) is 11.8 Å². The molecular weight excluding hydrogens is 418 g/mol. The Hall–Kier alpha value is -2.66. The number of H-pyrrole nitrogens is 1. The summed E-state index contributed by atoms with van der Waals surface area (Å²) in [5.41, 5.74) is 1.81. The lowest BCUT2D eigenvalue weighted by Gasteiger charge is -2.06. The number of carbonyl (C=O) groups is 3. The molecule has 2 aromatic rings. The van der Waals surface area contributed by atoms with Gasteiger partial charge < -0.3 is 19.8 Å². The first-order valence-corrected chi connectivity index (χ1v) is 10.5. The average molecular weight is 437 g/mol. The molecule has 1 amide bonds. The fraction of sp³-hybridized carbons (Fsp3) is 0.389. The quantitative estimate of drug-likeness (QED) is 0.399. The molecule has 0 aliphatic heterocycles. The molecule has 1 aliphatic rings. The third-order valence-corrected chi connectivity index (χ3v) is 6.48. The summed E-state index contributed by atoms with van der Waals surface area (Å²) in [6, 6.07) is 0. The van der Waals surface area contributed by atoms with Crippen LogP contribution in [0.2, 0.25) is 0 Å². The van der Waals surface area contributed by atoms with Gasteiger partial charge in [0.2, 0.25) is 5.91 Å². The number of nitrogens with one attached hydrogen (secondary N) is 2. The van der Waals surface area contributed by atoms with Crippen LogP contribution in [-0.4, -0.2) is 47.8 Å². The first-order valence-electron chi connectivity index (χ1n) is 8.70. The largest absolute Gasteiger partial charge is 0.465 e. The predicted molar refractivity (Wildman–Crippen MR) is 108 cm³/mol. The number of carbonyl (C=O) groups excluding carboxylic acids is 3. The zero-order valence-electron chi connectivity index (χ0n) is 16.0. The number of methoxy groups -OCH3 is 2. The number of aromatic amines is 1. The molecule has 0 saturated heterocycles. The topological polar surface area (TPSA) is 127 Å². The second-order valence-corrected chi connectivity index (χ2v) is 8.21. The van der Waals surface area contributed by atoms with E-state index < -0.39 is 17.8 Å². The maximum atomic E-state index is 12.4. The van der Waals surface area contributed by atoms with E-state index in [2.05, 4.69) is 15.3 Å². The van der Waals surface area contributed by atoms with E-state index in [1.807, 2.05) is 0 Å². The van der Waals surface area contributed by atoms with Crippen LogP contribution in [0.4, 0.5) is 5.00 Å². The number of fused-ring (bicyclic) bond motifs is 1. The van der Waals surface area contributed by atoms with Crippen molar-refractivity contribution in [2.75, 3.05) is 25.3 Å². The van der Waals surface area contributed by atoms with Crippen LogP contribution >= 0.6 is 23.1 Å². The summed E-state index contributed by atoms with van der Waals surface area (Å²) in [7, 11) is 2.45. The zero-order valence-corrected chi connectivity index (χ0v) is 17.7. The van der Waals surface area contributed by atoms with Crippen molar-refractivity contribution in [3.8, 4) is 0 Å². The number of aryl methyl sites for hydroxylation is 1.